The van der Waals surface area contributed by atoms with E-state index in [4.69, 9.17) is 4.74 Å². The lowest BCUT2D eigenvalue weighted by Gasteiger charge is -2.20. The highest BCUT2D eigenvalue weighted by molar-refractivity contribution is 5.37. The highest BCUT2D eigenvalue weighted by Gasteiger charge is 2.37. The summed E-state index contributed by atoms with van der Waals surface area (Å²) in [5, 5.41) is 0. The number of hydrogen-bond acceptors (Lipinski definition) is 1. The van der Waals surface area contributed by atoms with Crippen molar-refractivity contribution in [3.05, 3.63) is 34.9 Å². The van der Waals surface area contributed by atoms with Crippen molar-refractivity contribution in [2.75, 3.05) is 0 Å². The summed E-state index contributed by atoms with van der Waals surface area (Å²) in [6.07, 6.45) is 0.742. The van der Waals surface area contributed by atoms with Crippen LogP contribution < -0.4 is 0 Å². The van der Waals surface area contributed by atoms with Crippen LogP contribution in [-0.2, 0) is 10.2 Å². The Hall–Kier alpha value is -0.820. The minimum Gasteiger partial charge on any atom is -0.365 e. The topological polar surface area (TPSA) is 12.5 Å². The number of rotatable bonds is 1. The lowest BCUT2D eigenvalue weighted by Crippen LogP contribution is -2.11. The fourth-order valence-corrected chi connectivity index (χ4v) is 1.93. The van der Waals surface area contributed by atoms with Gasteiger partial charge < -0.3 is 4.74 Å². The Morgan fingerprint density at radius 2 is 1.80 bits per heavy atom. The normalized spacial score (nSPS) is 25.4. The molecule has 1 aliphatic heterocycles. The minimum absolute atomic E-state index is 0.223. The summed E-state index contributed by atoms with van der Waals surface area (Å²) in [6, 6.07) is 6.75. The van der Waals surface area contributed by atoms with Gasteiger partial charge in [0.15, 0.2) is 0 Å². The van der Waals surface area contributed by atoms with Gasteiger partial charge >= 0.3 is 0 Å². The Morgan fingerprint density at radius 3 is 2.27 bits per heavy atom. The molecule has 0 bridgehead atoms. The largest absolute Gasteiger partial charge is 0.365 e. The van der Waals surface area contributed by atoms with Crippen LogP contribution in [0, 0.1) is 6.92 Å². The van der Waals surface area contributed by atoms with E-state index in [1.165, 1.54) is 16.7 Å². The Bertz CT molecular complexity index is 373. The molecule has 1 heterocycles. The molecule has 1 heteroatoms. The van der Waals surface area contributed by atoms with E-state index in [-0.39, 0.29) is 5.41 Å². The molecule has 0 spiro atoms. The van der Waals surface area contributed by atoms with E-state index in [0.717, 1.165) is 0 Å². The summed E-state index contributed by atoms with van der Waals surface area (Å²) in [7, 11) is 0. The van der Waals surface area contributed by atoms with E-state index in [0.29, 0.717) is 12.2 Å². The number of epoxide rings is 1. The smallest absolute Gasteiger partial charge is 0.109 e. The zero-order chi connectivity index (χ0) is 11.2. The van der Waals surface area contributed by atoms with Crippen molar-refractivity contribution in [2.45, 2.75) is 52.2 Å². The molecule has 2 unspecified atom stereocenters. The van der Waals surface area contributed by atoms with Crippen LogP contribution in [0.4, 0.5) is 0 Å². The lowest BCUT2D eigenvalue weighted by atomic mass is 9.85. The highest BCUT2D eigenvalue weighted by Crippen LogP contribution is 2.41. The molecule has 82 valence electrons. The maximum absolute atomic E-state index is 5.55. The summed E-state index contributed by atoms with van der Waals surface area (Å²) in [6.45, 7) is 11.0. The zero-order valence-electron chi connectivity index (χ0n) is 10.3. The molecule has 0 radical (unpaired) electrons. The van der Waals surface area contributed by atoms with E-state index in [2.05, 4.69) is 52.8 Å². The van der Waals surface area contributed by atoms with Crippen LogP contribution in [0.1, 0.15) is 50.5 Å². The molecule has 1 fully saturated rings. The van der Waals surface area contributed by atoms with E-state index < -0.39 is 0 Å². The van der Waals surface area contributed by atoms with Crippen LogP contribution in [0.3, 0.4) is 0 Å². The van der Waals surface area contributed by atoms with Crippen molar-refractivity contribution in [2.24, 2.45) is 0 Å². The fraction of sp³-hybridized carbons (Fsp3) is 0.571. The first-order chi connectivity index (χ1) is 6.89. The van der Waals surface area contributed by atoms with Crippen LogP contribution in [0.25, 0.3) is 0 Å². The lowest BCUT2D eigenvalue weighted by molar-refractivity contribution is 0.382. The molecule has 1 saturated heterocycles. The van der Waals surface area contributed by atoms with E-state index in [9.17, 15) is 0 Å². The molecule has 0 aromatic heterocycles. The van der Waals surface area contributed by atoms with Gasteiger partial charge in [-0.3, -0.25) is 0 Å². The van der Waals surface area contributed by atoms with Gasteiger partial charge in [-0.1, -0.05) is 39.0 Å². The van der Waals surface area contributed by atoms with Crippen LogP contribution in [0.5, 0.6) is 0 Å². The molecular weight excluding hydrogens is 184 g/mol. The maximum Gasteiger partial charge on any atom is 0.109 e. The fourth-order valence-electron chi connectivity index (χ4n) is 1.93. The average Bonchev–Trinajstić information content (AvgIpc) is 2.81. The predicted octanol–water partition coefficient (Wildman–Crippen LogP) is 3.75. The monoisotopic (exact) mass is 204 g/mol. The second-order valence-electron chi connectivity index (χ2n) is 5.58. The number of hydrogen-bond donors (Lipinski definition) is 0. The standard InChI is InChI=1S/C14H20O/c1-9-6-7-11(14(3,4)5)8-12(9)13-10(2)15-13/h6-8,10,13H,1-5H3. The van der Waals surface area contributed by atoms with Gasteiger partial charge in [-0.05, 0) is 36.0 Å². The van der Waals surface area contributed by atoms with Crippen molar-refractivity contribution in [1.29, 1.82) is 0 Å². The van der Waals surface area contributed by atoms with Gasteiger partial charge in [0, 0.05) is 0 Å². The Labute approximate surface area is 92.5 Å². The highest BCUT2D eigenvalue weighted by atomic mass is 16.6. The van der Waals surface area contributed by atoms with Gasteiger partial charge in [0.2, 0.25) is 0 Å². The molecule has 1 aromatic rings. The predicted molar refractivity (Wildman–Crippen MR) is 63.2 cm³/mol. The number of benzene rings is 1. The first-order valence-corrected chi connectivity index (χ1v) is 5.66. The van der Waals surface area contributed by atoms with Crippen LogP contribution in [0.15, 0.2) is 18.2 Å². The third-order valence-corrected chi connectivity index (χ3v) is 3.16. The quantitative estimate of drug-likeness (QED) is 0.635. The van der Waals surface area contributed by atoms with Gasteiger partial charge in [-0.2, -0.15) is 0 Å². The summed E-state index contributed by atoms with van der Waals surface area (Å²) in [5.74, 6) is 0. The molecule has 0 N–H and O–H groups in total. The van der Waals surface area contributed by atoms with E-state index >= 15 is 0 Å². The molecule has 0 aliphatic carbocycles. The second-order valence-corrected chi connectivity index (χ2v) is 5.58. The first-order valence-electron chi connectivity index (χ1n) is 5.66. The summed E-state index contributed by atoms with van der Waals surface area (Å²) in [4.78, 5) is 0. The van der Waals surface area contributed by atoms with Crippen molar-refractivity contribution >= 4 is 0 Å². The van der Waals surface area contributed by atoms with Crippen molar-refractivity contribution in [3.63, 3.8) is 0 Å². The zero-order valence-corrected chi connectivity index (χ0v) is 10.3. The van der Waals surface area contributed by atoms with Crippen LogP contribution in [-0.4, -0.2) is 6.10 Å². The molecular formula is C14H20O. The van der Waals surface area contributed by atoms with Crippen molar-refractivity contribution in [1.82, 2.24) is 0 Å². The van der Waals surface area contributed by atoms with Gasteiger partial charge in [0.05, 0.1) is 6.10 Å². The van der Waals surface area contributed by atoms with Gasteiger partial charge in [0.1, 0.15) is 6.10 Å². The summed E-state index contributed by atoms with van der Waals surface area (Å²) >= 11 is 0. The maximum atomic E-state index is 5.55. The Balaban J connectivity index is 2.38. The molecule has 15 heavy (non-hydrogen) atoms. The molecule has 1 aliphatic rings. The van der Waals surface area contributed by atoms with Crippen molar-refractivity contribution in [3.8, 4) is 0 Å². The number of aryl methyl sites for hydroxylation is 1. The minimum atomic E-state index is 0.223. The SMILES string of the molecule is Cc1ccc(C(C)(C)C)cc1C1OC1C. The van der Waals surface area contributed by atoms with E-state index in [1.807, 2.05) is 0 Å². The molecule has 2 rings (SSSR count). The van der Waals surface area contributed by atoms with Crippen LogP contribution in [0.2, 0.25) is 0 Å². The Morgan fingerprint density at radius 1 is 1.20 bits per heavy atom. The number of ether oxygens (including phenoxy) is 1. The molecule has 1 aromatic carbocycles. The molecule has 1 nitrogen and oxygen atoms in total. The molecule has 2 atom stereocenters. The van der Waals surface area contributed by atoms with Gasteiger partial charge in [0.25, 0.3) is 0 Å². The third-order valence-electron chi connectivity index (χ3n) is 3.16. The van der Waals surface area contributed by atoms with Gasteiger partial charge in [-0.15, -0.1) is 0 Å². The summed E-state index contributed by atoms with van der Waals surface area (Å²) < 4.78 is 5.55. The third kappa shape index (κ3) is 2.07. The van der Waals surface area contributed by atoms with Gasteiger partial charge in [-0.25, -0.2) is 0 Å². The van der Waals surface area contributed by atoms with Crippen molar-refractivity contribution < 1.29 is 4.74 Å². The average molecular weight is 204 g/mol. The summed E-state index contributed by atoms with van der Waals surface area (Å²) in [5.41, 5.74) is 4.33. The Kier molecular flexibility index (Phi) is 2.38. The second kappa shape index (κ2) is 3.34. The van der Waals surface area contributed by atoms with Crippen LogP contribution >= 0.6 is 0 Å². The molecule has 0 saturated carbocycles. The molecule has 0 amide bonds. The van der Waals surface area contributed by atoms with E-state index in [1.54, 1.807) is 0 Å². The first kappa shape index (κ1) is 10.7.